The molecule has 0 bridgehead atoms. The van der Waals surface area contributed by atoms with Crippen LogP contribution >= 0.6 is 0 Å². The van der Waals surface area contributed by atoms with Gasteiger partial charge in [0, 0.05) is 11.3 Å². The predicted octanol–water partition coefficient (Wildman–Crippen LogP) is 3.24. The number of carbonyl (C=O) groups excluding carboxylic acids is 1. The minimum absolute atomic E-state index is 0.221. The van der Waals surface area contributed by atoms with Crippen LogP contribution in [0.4, 0.5) is 5.69 Å². The summed E-state index contributed by atoms with van der Waals surface area (Å²) in [6.07, 6.45) is 0.764. The number of hydrogen-bond donors (Lipinski definition) is 1. The molecule has 1 amide bonds. The minimum atomic E-state index is -0.221. The number of anilines is 1. The van der Waals surface area contributed by atoms with Gasteiger partial charge >= 0.3 is 0 Å². The Morgan fingerprint density at radius 3 is 2.48 bits per heavy atom. The number of hydrogen-bond acceptors (Lipinski definition) is 3. The van der Waals surface area contributed by atoms with Crippen molar-refractivity contribution in [2.75, 3.05) is 5.32 Å². The van der Waals surface area contributed by atoms with Gasteiger partial charge < -0.3 is 5.32 Å². The molecule has 0 spiro atoms. The van der Waals surface area contributed by atoms with E-state index in [4.69, 9.17) is 10.5 Å². The topological polar surface area (TPSA) is 76.7 Å². The summed E-state index contributed by atoms with van der Waals surface area (Å²) in [5.41, 5.74) is 2.62. The van der Waals surface area contributed by atoms with Crippen LogP contribution in [0.1, 0.15) is 34.0 Å². The number of nitrogens with one attached hydrogen (secondary N) is 1. The average Bonchev–Trinajstić information content (AvgIpc) is 2.54. The molecule has 0 aliphatic rings. The number of nitriles is 2. The zero-order chi connectivity index (χ0) is 15.2. The molecule has 4 nitrogen and oxygen atoms in total. The molecule has 2 rings (SSSR count). The number of carbonyl (C=O) groups is 1. The smallest absolute Gasteiger partial charge is 0.255 e. The van der Waals surface area contributed by atoms with E-state index >= 15 is 0 Å². The quantitative estimate of drug-likeness (QED) is 0.934. The Morgan fingerprint density at radius 2 is 1.81 bits per heavy atom. The molecule has 0 saturated carbocycles. The lowest BCUT2D eigenvalue weighted by Crippen LogP contribution is -2.14. The fourth-order valence-corrected chi connectivity index (χ4v) is 2.06. The molecule has 2 aromatic carbocycles. The summed E-state index contributed by atoms with van der Waals surface area (Å²) in [5.74, 6) is -0.221. The monoisotopic (exact) mass is 275 g/mol. The number of benzene rings is 2. The van der Waals surface area contributed by atoms with E-state index in [9.17, 15) is 4.79 Å². The first-order chi connectivity index (χ1) is 10.2. The maximum absolute atomic E-state index is 12.3. The van der Waals surface area contributed by atoms with E-state index in [1.165, 1.54) is 12.1 Å². The van der Waals surface area contributed by atoms with E-state index < -0.39 is 0 Å². The molecule has 0 heterocycles. The van der Waals surface area contributed by atoms with Gasteiger partial charge in [-0.2, -0.15) is 10.5 Å². The van der Waals surface area contributed by atoms with Gasteiger partial charge in [-0.3, -0.25) is 4.79 Å². The third-order valence-corrected chi connectivity index (χ3v) is 3.16. The fourth-order valence-electron chi connectivity index (χ4n) is 2.06. The van der Waals surface area contributed by atoms with E-state index in [1.807, 2.05) is 37.3 Å². The van der Waals surface area contributed by atoms with E-state index in [0.717, 1.165) is 12.0 Å². The van der Waals surface area contributed by atoms with E-state index in [2.05, 4.69) is 5.32 Å². The van der Waals surface area contributed by atoms with Crippen molar-refractivity contribution in [2.45, 2.75) is 13.3 Å². The highest BCUT2D eigenvalue weighted by Gasteiger charge is 2.11. The highest BCUT2D eigenvalue weighted by molar-refractivity contribution is 6.05. The molecule has 0 unspecified atom stereocenters. The van der Waals surface area contributed by atoms with Crippen molar-refractivity contribution in [3.8, 4) is 12.1 Å². The summed E-state index contributed by atoms with van der Waals surface area (Å²) in [6.45, 7) is 1.99. The first-order valence-corrected chi connectivity index (χ1v) is 6.53. The number of rotatable bonds is 3. The normalized spacial score (nSPS) is 9.48. The van der Waals surface area contributed by atoms with Crippen LogP contribution in [0.15, 0.2) is 42.5 Å². The van der Waals surface area contributed by atoms with Crippen LogP contribution in [0.3, 0.4) is 0 Å². The Hall–Kier alpha value is -3.11. The second-order valence-electron chi connectivity index (χ2n) is 4.45. The first-order valence-electron chi connectivity index (χ1n) is 6.53. The summed E-state index contributed by atoms with van der Waals surface area (Å²) in [5, 5.41) is 20.6. The molecular weight excluding hydrogens is 262 g/mol. The van der Waals surface area contributed by atoms with Crippen molar-refractivity contribution < 1.29 is 4.79 Å². The highest BCUT2D eigenvalue weighted by Crippen LogP contribution is 2.17. The van der Waals surface area contributed by atoms with Crippen LogP contribution < -0.4 is 5.32 Å². The SMILES string of the molecule is CCc1ccccc1C(=O)Nc1ccc(C#N)c(C#N)c1. The summed E-state index contributed by atoms with van der Waals surface area (Å²) >= 11 is 0. The van der Waals surface area contributed by atoms with E-state index in [1.54, 1.807) is 12.1 Å². The molecule has 0 aliphatic carbocycles. The van der Waals surface area contributed by atoms with Gasteiger partial charge in [0.25, 0.3) is 5.91 Å². The van der Waals surface area contributed by atoms with Gasteiger partial charge in [-0.15, -0.1) is 0 Å². The summed E-state index contributed by atoms with van der Waals surface area (Å²) in [7, 11) is 0. The van der Waals surface area contributed by atoms with Crippen molar-refractivity contribution >= 4 is 11.6 Å². The van der Waals surface area contributed by atoms with Crippen LogP contribution in [0, 0.1) is 22.7 Å². The largest absolute Gasteiger partial charge is 0.322 e. The van der Waals surface area contributed by atoms with Gasteiger partial charge in [-0.05, 0) is 36.2 Å². The average molecular weight is 275 g/mol. The van der Waals surface area contributed by atoms with Crippen LogP contribution in [-0.4, -0.2) is 5.91 Å². The van der Waals surface area contributed by atoms with Crippen molar-refractivity contribution in [3.63, 3.8) is 0 Å². The van der Waals surface area contributed by atoms with E-state index in [-0.39, 0.29) is 11.5 Å². The molecule has 0 saturated heterocycles. The molecule has 1 N–H and O–H groups in total. The van der Waals surface area contributed by atoms with Gasteiger partial charge in [-0.25, -0.2) is 0 Å². The van der Waals surface area contributed by atoms with Gasteiger partial charge in [0.05, 0.1) is 11.1 Å². The lowest BCUT2D eigenvalue weighted by molar-refractivity contribution is 0.102. The zero-order valence-corrected chi connectivity index (χ0v) is 11.6. The van der Waals surface area contributed by atoms with Crippen molar-refractivity contribution in [1.82, 2.24) is 0 Å². The number of aryl methyl sites for hydroxylation is 1. The highest BCUT2D eigenvalue weighted by atomic mass is 16.1. The third-order valence-electron chi connectivity index (χ3n) is 3.16. The molecule has 0 atom stereocenters. The molecule has 0 radical (unpaired) electrons. The molecule has 4 heteroatoms. The van der Waals surface area contributed by atoms with Gasteiger partial charge in [0.1, 0.15) is 12.1 Å². The Labute approximate surface area is 123 Å². The Kier molecular flexibility index (Phi) is 4.33. The molecule has 0 aromatic heterocycles. The van der Waals surface area contributed by atoms with Gasteiger partial charge in [0.2, 0.25) is 0 Å². The Bertz CT molecular complexity index is 766. The molecule has 2 aromatic rings. The molecule has 102 valence electrons. The van der Waals surface area contributed by atoms with Gasteiger partial charge in [0.15, 0.2) is 0 Å². The Morgan fingerprint density at radius 1 is 1.10 bits per heavy atom. The molecule has 0 aliphatic heterocycles. The standard InChI is InChI=1S/C17H13N3O/c1-2-12-5-3-4-6-16(12)17(21)20-15-8-7-13(10-18)14(9-15)11-19/h3-9H,2H2,1H3,(H,20,21). The minimum Gasteiger partial charge on any atom is -0.322 e. The Balaban J connectivity index is 2.29. The van der Waals surface area contributed by atoms with Crippen molar-refractivity contribution in [2.24, 2.45) is 0 Å². The number of amides is 1. The molecule has 21 heavy (non-hydrogen) atoms. The predicted molar refractivity (Wildman–Crippen MR) is 79.6 cm³/mol. The summed E-state index contributed by atoms with van der Waals surface area (Å²) in [6, 6.07) is 15.9. The molecular formula is C17H13N3O. The fraction of sp³-hybridized carbons (Fsp3) is 0.118. The second kappa shape index (κ2) is 6.36. The maximum Gasteiger partial charge on any atom is 0.255 e. The maximum atomic E-state index is 12.3. The van der Waals surface area contributed by atoms with Crippen LogP contribution in [0.5, 0.6) is 0 Å². The summed E-state index contributed by atoms with van der Waals surface area (Å²) in [4.78, 5) is 12.3. The lowest BCUT2D eigenvalue weighted by atomic mass is 10.0. The molecule has 0 fully saturated rings. The van der Waals surface area contributed by atoms with Crippen LogP contribution in [-0.2, 0) is 6.42 Å². The second-order valence-corrected chi connectivity index (χ2v) is 4.45. The van der Waals surface area contributed by atoms with Crippen molar-refractivity contribution in [1.29, 1.82) is 10.5 Å². The number of nitrogens with zero attached hydrogens (tertiary/aromatic N) is 2. The lowest BCUT2D eigenvalue weighted by Gasteiger charge is -2.09. The van der Waals surface area contributed by atoms with Gasteiger partial charge in [-0.1, -0.05) is 25.1 Å². The summed E-state index contributed by atoms with van der Waals surface area (Å²) < 4.78 is 0. The third kappa shape index (κ3) is 3.08. The van der Waals surface area contributed by atoms with Crippen LogP contribution in [0.25, 0.3) is 0 Å². The van der Waals surface area contributed by atoms with Crippen molar-refractivity contribution in [3.05, 3.63) is 64.7 Å². The zero-order valence-electron chi connectivity index (χ0n) is 11.6. The first kappa shape index (κ1) is 14.3. The van der Waals surface area contributed by atoms with E-state index in [0.29, 0.717) is 16.8 Å². The van der Waals surface area contributed by atoms with Crippen LogP contribution in [0.2, 0.25) is 0 Å².